The summed E-state index contributed by atoms with van der Waals surface area (Å²) in [6.07, 6.45) is 0. The summed E-state index contributed by atoms with van der Waals surface area (Å²) in [6, 6.07) is 8.37. The van der Waals surface area contributed by atoms with Crippen molar-refractivity contribution in [2.24, 2.45) is 5.73 Å². The third-order valence-corrected chi connectivity index (χ3v) is 1.75. The SMILES string of the molecule is CC(=O)Nc1ccc(OC(=O)C#CNC(=N)N)cc1. The lowest BCUT2D eigenvalue weighted by Crippen LogP contribution is -2.26. The van der Waals surface area contributed by atoms with Crippen molar-refractivity contribution in [3.63, 3.8) is 0 Å². The number of ether oxygens (including phenoxy) is 1. The van der Waals surface area contributed by atoms with Crippen LogP contribution < -0.4 is 21.1 Å². The van der Waals surface area contributed by atoms with E-state index in [4.69, 9.17) is 15.9 Å². The summed E-state index contributed by atoms with van der Waals surface area (Å²) in [4.78, 5) is 22.0. The largest absolute Gasteiger partial charge is 0.417 e. The molecule has 19 heavy (non-hydrogen) atoms. The second kappa shape index (κ2) is 6.66. The van der Waals surface area contributed by atoms with Crippen LogP contribution in [-0.4, -0.2) is 17.8 Å². The average molecular weight is 260 g/mol. The van der Waals surface area contributed by atoms with E-state index >= 15 is 0 Å². The highest BCUT2D eigenvalue weighted by molar-refractivity contribution is 5.91. The molecule has 1 aromatic carbocycles. The van der Waals surface area contributed by atoms with Gasteiger partial charge < -0.3 is 15.8 Å². The Bertz CT molecular complexity index is 555. The van der Waals surface area contributed by atoms with Gasteiger partial charge in [-0.15, -0.1) is 0 Å². The number of hydrogen-bond donors (Lipinski definition) is 4. The predicted molar refractivity (Wildman–Crippen MR) is 69.2 cm³/mol. The van der Waals surface area contributed by atoms with Crippen molar-refractivity contribution in [3.8, 4) is 17.7 Å². The number of esters is 1. The minimum Gasteiger partial charge on any atom is -0.417 e. The van der Waals surface area contributed by atoms with Crippen molar-refractivity contribution in [2.75, 3.05) is 5.32 Å². The summed E-state index contributed by atoms with van der Waals surface area (Å²) in [7, 11) is 0. The van der Waals surface area contributed by atoms with Crippen LogP contribution in [0.3, 0.4) is 0 Å². The van der Waals surface area contributed by atoms with E-state index in [1.165, 1.54) is 19.1 Å². The van der Waals surface area contributed by atoms with Crippen molar-refractivity contribution < 1.29 is 14.3 Å². The third kappa shape index (κ3) is 5.74. The molecule has 0 atom stereocenters. The lowest BCUT2D eigenvalue weighted by Gasteiger charge is -2.03. The number of amides is 1. The van der Waals surface area contributed by atoms with Crippen molar-refractivity contribution in [3.05, 3.63) is 24.3 Å². The highest BCUT2D eigenvalue weighted by Gasteiger charge is 2.01. The number of nitrogens with two attached hydrogens (primary N) is 1. The molecule has 1 amide bonds. The monoisotopic (exact) mass is 260 g/mol. The van der Waals surface area contributed by atoms with Gasteiger partial charge in [0.2, 0.25) is 5.91 Å². The van der Waals surface area contributed by atoms with E-state index in [-0.39, 0.29) is 17.6 Å². The normalized spacial score (nSPS) is 8.68. The molecule has 0 unspecified atom stereocenters. The number of hydrogen-bond acceptors (Lipinski definition) is 4. The number of carbonyl (C=O) groups excluding carboxylic acids is 2. The molecular weight excluding hydrogens is 248 g/mol. The molecule has 7 nitrogen and oxygen atoms in total. The fourth-order valence-corrected chi connectivity index (χ4v) is 1.09. The zero-order chi connectivity index (χ0) is 14.3. The Morgan fingerprint density at radius 3 is 2.47 bits per heavy atom. The summed E-state index contributed by atoms with van der Waals surface area (Å²) in [5, 5.41) is 11.5. The second-order valence-electron chi connectivity index (χ2n) is 3.38. The Labute approximate surface area is 109 Å². The molecule has 0 bridgehead atoms. The summed E-state index contributed by atoms with van der Waals surface area (Å²) < 4.78 is 4.88. The van der Waals surface area contributed by atoms with Crippen LogP contribution in [0.15, 0.2) is 24.3 Å². The van der Waals surface area contributed by atoms with Crippen LogP contribution in [-0.2, 0) is 9.59 Å². The van der Waals surface area contributed by atoms with Gasteiger partial charge in [-0.2, -0.15) is 0 Å². The molecule has 0 aliphatic carbocycles. The van der Waals surface area contributed by atoms with E-state index in [2.05, 4.69) is 22.6 Å². The number of nitrogens with one attached hydrogen (secondary N) is 3. The average Bonchev–Trinajstić information content (AvgIpc) is 2.30. The molecule has 1 rings (SSSR count). The Balaban J connectivity index is 2.57. The Hall–Kier alpha value is -3.01. The first-order valence-electron chi connectivity index (χ1n) is 5.18. The topological polar surface area (TPSA) is 117 Å². The van der Waals surface area contributed by atoms with Crippen LogP contribution in [0.4, 0.5) is 5.69 Å². The highest BCUT2D eigenvalue weighted by atomic mass is 16.5. The first-order chi connectivity index (χ1) is 8.97. The molecule has 0 fully saturated rings. The molecule has 7 heteroatoms. The maximum atomic E-state index is 11.2. The lowest BCUT2D eigenvalue weighted by molar-refractivity contribution is -0.128. The van der Waals surface area contributed by atoms with Crippen molar-refractivity contribution in [2.45, 2.75) is 6.92 Å². The minimum absolute atomic E-state index is 0.189. The summed E-state index contributed by atoms with van der Waals surface area (Å²) in [5.74, 6) is 1.04. The zero-order valence-electron chi connectivity index (χ0n) is 10.1. The predicted octanol–water partition coefficient (Wildman–Crippen LogP) is -0.00563. The van der Waals surface area contributed by atoms with Gasteiger partial charge in [-0.25, -0.2) is 4.79 Å². The van der Waals surface area contributed by atoms with Gasteiger partial charge in [-0.1, -0.05) is 0 Å². The van der Waals surface area contributed by atoms with Gasteiger partial charge in [0.15, 0.2) is 5.96 Å². The zero-order valence-corrected chi connectivity index (χ0v) is 10.1. The lowest BCUT2D eigenvalue weighted by atomic mass is 10.3. The maximum Gasteiger partial charge on any atom is 0.391 e. The van der Waals surface area contributed by atoms with Gasteiger partial charge in [0.05, 0.1) is 0 Å². The molecule has 1 aromatic rings. The summed E-state index contributed by atoms with van der Waals surface area (Å²) in [6.45, 7) is 1.39. The fourth-order valence-electron chi connectivity index (χ4n) is 1.09. The highest BCUT2D eigenvalue weighted by Crippen LogP contribution is 2.15. The van der Waals surface area contributed by atoms with E-state index in [1.807, 2.05) is 0 Å². The molecule has 0 heterocycles. The molecule has 0 radical (unpaired) electrons. The van der Waals surface area contributed by atoms with Crippen molar-refractivity contribution >= 4 is 23.5 Å². The smallest absolute Gasteiger partial charge is 0.391 e. The standard InChI is InChI=1S/C12H12N4O3/c1-8(17)16-9-2-4-10(5-3-9)19-11(18)6-7-15-12(13)14/h2-5H,1H3,(H,16,17)(H4,13,14,15). The number of rotatable bonds is 2. The van der Waals surface area contributed by atoms with Crippen LogP contribution in [0.1, 0.15) is 6.92 Å². The van der Waals surface area contributed by atoms with Gasteiger partial charge in [0.1, 0.15) is 5.75 Å². The van der Waals surface area contributed by atoms with Crippen LogP contribution >= 0.6 is 0 Å². The van der Waals surface area contributed by atoms with Crippen LogP contribution in [0.25, 0.3) is 0 Å². The first kappa shape index (κ1) is 14.1. The first-order valence-corrected chi connectivity index (χ1v) is 5.18. The molecule has 0 aliphatic heterocycles. The summed E-state index contributed by atoms with van der Waals surface area (Å²) in [5.41, 5.74) is 5.56. The number of carbonyl (C=O) groups is 2. The van der Waals surface area contributed by atoms with Crippen molar-refractivity contribution in [1.29, 1.82) is 5.41 Å². The van der Waals surface area contributed by atoms with Gasteiger partial charge >= 0.3 is 5.97 Å². The number of benzene rings is 1. The summed E-state index contributed by atoms with van der Waals surface area (Å²) >= 11 is 0. The fraction of sp³-hybridized carbons (Fsp3) is 0.0833. The molecule has 0 saturated carbocycles. The van der Waals surface area contributed by atoms with Gasteiger partial charge in [0.25, 0.3) is 0 Å². The molecular formula is C12H12N4O3. The Morgan fingerprint density at radius 1 is 1.32 bits per heavy atom. The molecule has 0 aliphatic rings. The number of guanidine groups is 1. The maximum absolute atomic E-state index is 11.2. The van der Waals surface area contributed by atoms with E-state index < -0.39 is 5.97 Å². The van der Waals surface area contributed by atoms with Gasteiger partial charge in [-0.3, -0.25) is 15.5 Å². The Kier molecular flexibility index (Phi) is 4.93. The molecule has 0 saturated heterocycles. The van der Waals surface area contributed by atoms with Crippen LogP contribution in [0, 0.1) is 17.4 Å². The van der Waals surface area contributed by atoms with E-state index in [0.29, 0.717) is 5.69 Å². The quantitative estimate of drug-likeness (QED) is 0.149. The third-order valence-electron chi connectivity index (χ3n) is 1.75. The van der Waals surface area contributed by atoms with Crippen LogP contribution in [0.2, 0.25) is 0 Å². The molecule has 0 spiro atoms. The van der Waals surface area contributed by atoms with Gasteiger partial charge in [0, 0.05) is 24.6 Å². The van der Waals surface area contributed by atoms with E-state index in [0.717, 1.165) is 0 Å². The molecule has 98 valence electrons. The minimum atomic E-state index is -0.791. The van der Waals surface area contributed by atoms with Crippen LogP contribution in [0.5, 0.6) is 5.75 Å². The van der Waals surface area contributed by atoms with E-state index in [1.54, 1.807) is 12.1 Å². The van der Waals surface area contributed by atoms with Gasteiger partial charge in [-0.05, 0) is 24.3 Å². The van der Waals surface area contributed by atoms with E-state index in [9.17, 15) is 9.59 Å². The molecule has 5 N–H and O–H groups in total. The Morgan fingerprint density at radius 2 is 1.95 bits per heavy atom. The molecule has 0 aromatic heterocycles. The number of anilines is 1. The second-order valence-corrected chi connectivity index (χ2v) is 3.38. The van der Waals surface area contributed by atoms with Crippen molar-refractivity contribution in [1.82, 2.24) is 5.32 Å².